The van der Waals surface area contributed by atoms with Crippen LogP contribution in [0.25, 0.3) is 0 Å². The number of ether oxygens (including phenoxy) is 1. The maximum Gasteiger partial charge on any atom is 0.167 e. The summed E-state index contributed by atoms with van der Waals surface area (Å²) in [4.78, 5) is 12.3. The Hall–Kier alpha value is -1.87. The Morgan fingerprint density at radius 1 is 1.24 bits per heavy atom. The van der Waals surface area contributed by atoms with Crippen molar-refractivity contribution in [2.75, 3.05) is 6.61 Å². The number of hydrogen-bond acceptors (Lipinski definition) is 2. The molecule has 0 unspecified atom stereocenters. The summed E-state index contributed by atoms with van der Waals surface area (Å²) in [6.45, 7) is 2.62. The van der Waals surface area contributed by atoms with Gasteiger partial charge in [0.2, 0.25) is 0 Å². The summed E-state index contributed by atoms with van der Waals surface area (Å²) < 4.78 is 18.7. The summed E-state index contributed by atoms with van der Waals surface area (Å²) in [7, 11) is 0. The van der Waals surface area contributed by atoms with Gasteiger partial charge in [0, 0.05) is 17.0 Å². The van der Waals surface area contributed by atoms with Crippen molar-refractivity contribution in [3.8, 4) is 5.75 Å². The molecule has 21 heavy (non-hydrogen) atoms. The van der Waals surface area contributed by atoms with Crippen molar-refractivity contribution >= 4 is 17.4 Å². The molecule has 0 spiro atoms. The van der Waals surface area contributed by atoms with Crippen LogP contribution in [0, 0.1) is 5.82 Å². The van der Waals surface area contributed by atoms with Gasteiger partial charge in [0.15, 0.2) is 5.78 Å². The molecule has 2 rings (SSSR count). The van der Waals surface area contributed by atoms with Gasteiger partial charge in [-0.25, -0.2) is 4.39 Å². The lowest BCUT2D eigenvalue weighted by atomic mass is 10.0. The predicted molar refractivity (Wildman–Crippen MR) is 81.7 cm³/mol. The summed E-state index contributed by atoms with van der Waals surface area (Å²) >= 11 is 5.98. The molecule has 0 amide bonds. The highest BCUT2D eigenvalue weighted by Crippen LogP contribution is 2.20. The van der Waals surface area contributed by atoms with E-state index in [0.717, 1.165) is 6.42 Å². The van der Waals surface area contributed by atoms with Gasteiger partial charge in [0.1, 0.15) is 11.6 Å². The van der Waals surface area contributed by atoms with Crippen LogP contribution in [-0.4, -0.2) is 12.4 Å². The summed E-state index contributed by atoms with van der Waals surface area (Å²) in [5, 5.41) is 0.392. The van der Waals surface area contributed by atoms with E-state index < -0.39 is 5.82 Å². The van der Waals surface area contributed by atoms with E-state index in [1.807, 2.05) is 13.0 Å². The number of Topliss-reactive ketones (excluding diaryl/α,β-unsaturated/α-hetero) is 1. The van der Waals surface area contributed by atoms with Crippen LogP contribution in [0.1, 0.15) is 29.3 Å². The third kappa shape index (κ3) is 4.30. The number of rotatable bonds is 6. The number of carbonyl (C=O) groups excluding carboxylic acids is 1. The second kappa shape index (κ2) is 7.23. The summed E-state index contributed by atoms with van der Waals surface area (Å²) in [6, 6.07) is 11.0. The van der Waals surface area contributed by atoms with Crippen LogP contribution in [0.5, 0.6) is 5.75 Å². The predicted octanol–water partition coefficient (Wildman–Crippen LogP) is 4.69. The molecule has 0 aliphatic carbocycles. The Balaban J connectivity index is 2.14. The Labute approximate surface area is 128 Å². The minimum atomic E-state index is -0.401. The fourth-order valence-corrected chi connectivity index (χ4v) is 2.12. The second-order valence-corrected chi connectivity index (χ2v) is 5.12. The standard InChI is InChI=1S/C17H16ClFO2/c1-2-8-21-15-5-3-4-12(10-15)17(20)11-13-9-14(19)6-7-16(13)18/h3-7,9-10H,2,8,11H2,1H3. The molecule has 0 saturated heterocycles. The highest BCUT2D eigenvalue weighted by Gasteiger charge is 2.11. The molecule has 0 heterocycles. The number of hydrogen-bond donors (Lipinski definition) is 0. The molecule has 0 atom stereocenters. The van der Waals surface area contributed by atoms with Crippen LogP contribution >= 0.6 is 11.6 Å². The van der Waals surface area contributed by atoms with Gasteiger partial charge in [0.05, 0.1) is 6.61 Å². The third-order valence-electron chi connectivity index (χ3n) is 2.99. The average Bonchev–Trinajstić information content (AvgIpc) is 2.49. The molecule has 0 fully saturated rings. The van der Waals surface area contributed by atoms with Crippen molar-refractivity contribution in [1.82, 2.24) is 0 Å². The van der Waals surface area contributed by atoms with E-state index in [1.54, 1.807) is 18.2 Å². The van der Waals surface area contributed by atoms with E-state index in [9.17, 15) is 9.18 Å². The molecular formula is C17H16ClFO2. The molecule has 4 heteroatoms. The smallest absolute Gasteiger partial charge is 0.167 e. The van der Waals surface area contributed by atoms with Gasteiger partial charge in [-0.15, -0.1) is 0 Å². The quantitative estimate of drug-likeness (QED) is 0.723. The molecule has 0 saturated carbocycles. The van der Waals surface area contributed by atoms with E-state index in [2.05, 4.69) is 0 Å². The van der Waals surface area contributed by atoms with Gasteiger partial charge < -0.3 is 4.74 Å². The monoisotopic (exact) mass is 306 g/mol. The SMILES string of the molecule is CCCOc1cccc(C(=O)Cc2cc(F)ccc2Cl)c1. The fourth-order valence-electron chi connectivity index (χ4n) is 1.93. The van der Waals surface area contributed by atoms with Gasteiger partial charge in [-0.05, 0) is 42.3 Å². The fraction of sp³-hybridized carbons (Fsp3) is 0.235. The Bertz CT molecular complexity index is 640. The van der Waals surface area contributed by atoms with Gasteiger partial charge >= 0.3 is 0 Å². The van der Waals surface area contributed by atoms with Crippen LogP contribution in [-0.2, 0) is 6.42 Å². The Morgan fingerprint density at radius 2 is 2.05 bits per heavy atom. The van der Waals surface area contributed by atoms with Crippen molar-refractivity contribution < 1.29 is 13.9 Å². The van der Waals surface area contributed by atoms with Crippen LogP contribution < -0.4 is 4.74 Å². The first-order valence-electron chi connectivity index (χ1n) is 6.80. The molecule has 0 N–H and O–H groups in total. The molecule has 0 aromatic heterocycles. The molecule has 2 aromatic carbocycles. The minimum absolute atomic E-state index is 0.0633. The lowest BCUT2D eigenvalue weighted by Gasteiger charge is -2.07. The summed E-state index contributed by atoms with van der Waals surface area (Å²) in [5.74, 6) is 0.139. The molecule has 2 nitrogen and oxygen atoms in total. The molecule has 0 radical (unpaired) electrons. The first-order valence-corrected chi connectivity index (χ1v) is 7.18. The average molecular weight is 307 g/mol. The van der Waals surface area contributed by atoms with E-state index in [4.69, 9.17) is 16.3 Å². The number of carbonyl (C=O) groups is 1. The maximum atomic E-state index is 13.2. The Morgan fingerprint density at radius 3 is 2.81 bits per heavy atom. The van der Waals surface area contributed by atoms with E-state index in [-0.39, 0.29) is 12.2 Å². The van der Waals surface area contributed by atoms with Crippen molar-refractivity contribution in [2.45, 2.75) is 19.8 Å². The summed E-state index contributed by atoms with van der Waals surface area (Å²) in [5.41, 5.74) is 1.02. The second-order valence-electron chi connectivity index (χ2n) is 4.71. The zero-order valence-corrected chi connectivity index (χ0v) is 12.5. The van der Waals surface area contributed by atoms with Crippen LogP contribution in [0.15, 0.2) is 42.5 Å². The molecule has 0 bridgehead atoms. The maximum absolute atomic E-state index is 13.2. The number of ketones is 1. The zero-order valence-electron chi connectivity index (χ0n) is 11.7. The topological polar surface area (TPSA) is 26.3 Å². The van der Waals surface area contributed by atoms with Gasteiger partial charge in [-0.3, -0.25) is 4.79 Å². The third-order valence-corrected chi connectivity index (χ3v) is 3.36. The molecular weight excluding hydrogens is 291 g/mol. The van der Waals surface area contributed by atoms with Crippen LogP contribution in [0.3, 0.4) is 0 Å². The normalized spacial score (nSPS) is 10.4. The molecule has 0 aliphatic heterocycles. The minimum Gasteiger partial charge on any atom is -0.494 e. The van der Waals surface area contributed by atoms with Gasteiger partial charge in [0.25, 0.3) is 0 Å². The van der Waals surface area contributed by atoms with Crippen LogP contribution in [0.2, 0.25) is 5.02 Å². The van der Waals surface area contributed by atoms with Crippen molar-refractivity contribution in [2.24, 2.45) is 0 Å². The highest BCUT2D eigenvalue weighted by atomic mass is 35.5. The molecule has 110 valence electrons. The lowest BCUT2D eigenvalue weighted by molar-refractivity contribution is 0.0992. The van der Waals surface area contributed by atoms with Gasteiger partial charge in [-0.2, -0.15) is 0 Å². The Kier molecular flexibility index (Phi) is 5.34. The molecule has 0 aliphatic rings. The first-order chi connectivity index (χ1) is 10.1. The van der Waals surface area contributed by atoms with Gasteiger partial charge in [-0.1, -0.05) is 30.7 Å². The lowest BCUT2D eigenvalue weighted by Crippen LogP contribution is -2.05. The van der Waals surface area contributed by atoms with E-state index in [1.165, 1.54) is 18.2 Å². The van der Waals surface area contributed by atoms with Crippen molar-refractivity contribution in [1.29, 1.82) is 0 Å². The van der Waals surface area contributed by atoms with Crippen LogP contribution in [0.4, 0.5) is 4.39 Å². The number of benzene rings is 2. The zero-order chi connectivity index (χ0) is 15.2. The molecule has 2 aromatic rings. The first kappa shape index (κ1) is 15.5. The highest BCUT2D eigenvalue weighted by molar-refractivity contribution is 6.31. The van der Waals surface area contributed by atoms with E-state index in [0.29, 0.717) is 28.5 Å². The number of halogens is 2. The van der Waals surface area contributed by atoms with Crippen molar-refractivity contribution in [3.05, 3.63) is 64.4 Å². The largest absolute Gasteiger partial charge is 0.494 e. The summed E-state index contributed by atoms with van der Waals surface area (Å²) in [6.07, 6.45) is 0.963. The van der Waals surface area contributed by atoms with E-state index >= 15 is 0 Å². The van der Waals surface area contributed by atoms with Crippen molar-refractivity contribution in [3.63, 3.8) is 0 Å².